The molecule has 0 atom stereocenters. The Bertz CT molecular complexity index is 613. The van der Waals surface area contributed by atoms with Crippen molar-refractivity contribution in [1.29, 1.82) is 0 Å². The maximum Gasteiger partial charge on any atom is 0.416 e. The molecule has 0 heterocycles. The van der Waals surface area contributed by atoms with Gasteiger partial charge in [0.2, 0.25) is 10.0 Å². The lowest BCUT2D eigenvalue weighted by atomic mass is 10.2. The molecule has 118 valence electrons. The molecule has 0 amide bonds. The number of hydrogen-bond acceptors (Lipinski definition) is 4. The topological polar surface area (TPSA) is 63.7 Å². The number of carbonyl (C=O) groups excluding carboxylic acids is 1. The van der Waals surface area contributed by atoms with Crippen LogP contribution in [0.3, 0.4) is 0 Å². The van der Waals surface area contributed by atoms with E-state index in [0.29, 0.717) is 6.07 Å². The predicted molar refractivity (Wildman–Crippen MR) is 67.9 cm³/mol. The van der Waals surface area contributed by atoms with Crippen LogP contribution in [0.15, 0.2) is 29.2 Å². The van der Waals surface area contributed by atoms with Gasteiger partial charge in [0.25, 0.3) is 0 Å². The number of sulfonamides is 1. The minimum Gasteiger partial charge on any atom is -0.468 e. The first-order chi connectivity index (χ1) is 9.62. The molecule has 0 bridgehead atoms. The molecule has 1 aromatic rings. The highest BCUT2D eigenvalue weighted by atomic mass is 32.2. The fraction of sp³-hybridized carbons (Fsp3) is 0.417. The van der Waals surface area contributed by atoms with Gasteiger partial charge in [0.15, 0.2) is 0 Å². The van der Waals surface area contributed by atoms with Crippen molar-refractivity contribution in [3.63, 3.8) is 0 Å². The summed E-state index contributed by atoms with van der Waals surface area (Å²) < 4.78 is 67.5. The van der Waals surface area contributed by atoms with E-state index in [1.807, 2.05) is 0 Å². The van der Waals surface area contributed by atoms with Crippen LogP contribution in [-0.4, -0.2) is 38.9 Å². The standard InChI is InChI=1S/C12H14F3NO4S/c1-3-16(8-11(17)20-2)21(18,19)10-6-4-5-9(7-10)12(13,14)15/h4-7H,3,8H2,1-2H3. The van der Waals surface area contributed by atoms with Gasteiger partial charge in [-0.25, -0.2) is 8.42 Å². The predicted octanol–water partition coefficient (Wildman–Crippen LogP) is 1.89. The molecule has 5 nitrogen and oxygen atoms in total. The van der Waals surface area contributed by atoms with E-state index in [0.717, 1.165) is 29.6 Å². The fourth-order valence-corrected chi connectivity index (χ4v) is 3.00. The summed E-state index contributed by atoms with van der Waals surface area (Å²) in [4.78, 5) is 10.7. The molecule has 9 heteroatoms. The van der Waals surface area contributed by atoms with Gasteiger partial charge in [-0.15, -0.1) is 0 Å². The van der Waals surface area contributed by atoms with Crippen molar-refractivity contribution in [2.45, 2.75) is 18.0 Å². The van der Waals surface area contributed by atoms with E-state index in [1.54, 1.807) is 0 Å². The van der Waals surface area contributed by atoms with Gasteiger partial charge < -0.3 is 4.74 Å². The number of hydrogen-bond donors (Lipinski definition) is 0. The number of nitrogens with zero attached hydrogens (tertiary/aromatic N) is 1. The van der Waals surface area contributed by atoms with E-state index in [9.17, 15) is 26.4 Å². The molecule has 0 aliphatic carbocycles. The SMILES string of the molecule is CCN(CC(=O)OC)S(=O)(=O)c1cccc(C(F)(F)F)c1. The highest BCUT2D eigenvalue weighted by Gasteiger charge is 2.33. The first-order valence-electron chi connectivity index (χ1n) is 5.87. The minimum atomic E-state index is -4.65. The summed E-state index contributed by atoms with van der Waals surface area (Å²) in [7, 11) is -3.12. The average molecular weight is 325 g/mol. The zero-order chi connectivity index (χ0) is 16.3. The Kier molecular flexibility index (Phi) is 5.35. The number of alkyl halides is 3. The molecule has 1 rings (SSSR count). The van der Waals surface area contributed by atoms with Crippen LogP contribution < -0.4 is 0 Å². The molecule has 0 spiro atoms. The fourth-order valence-electron chi connectivity index (χ4n) is 1.56. The Balaban J connectivity index is 3.20. The summed E-state index contributed by atoms with van der Waals surface area (Å²) in [5, 5.41) is 0. The number of methoxy groups -OCH3 is 1. The largest absolute Gasteiger partial charge is 0.468 e. The third kappa shape index (κ3) is 4.18. The Morgan fingerprint density at radius 1 is 1.33 bits per heavy atom. The first-order valence-corrected chi connectivity index (χ1v) is 7.31. The van der Waals surface area contributed by atoms with Gasteiger partial charge in [0.05, 0.1) is 17.6 Å². The molecular weight excluding hydrogens is 311 g/mol. The number of carbonyl (C=O) groups is 1. The lowest BCUT2D eigenvalue weighted by molar-refractivity contribution is -0.141. The normalized spacial score (nSPS) is 12.5. The Labute approximate surface area is 120 Å². The molecular formula is C12H14F3NO4S. The molecule has 0 unspecified atom stereocenters. The molecule has 0 radical (unpaired) electrons. The molecule has 0 fully saturated rings. The quantitative estimate of drug-likeness (QED) is 0.776. The van der Waals surface area contributed by atoms with E-state index < -0.39 is 39.2 Å². The van der Waals surface area contributed by atoms with Gasteiger partial charge in [0.1, 0.15) is 6.54 Å². The summed E-state index contributed by atoms with van der Waals surface area (Å²) in [6.45, 7) is 0.827. The maximum atomic E-state index is 12.6. The van der Waals surface area contributed by atoms with Crippen molar-refractivity contribution in [2.24, 2.45) is 0 Å². The van der Waals surface area contributed by atoms with Gasteiger partial charge in [0, 0.05) is 6.54 Å². The van der Waals surface area contributed by atoms with E-state index in [4.69, 9.17) is 0 Å². The third-order valence-corrected chi connectivity index (χ3v) is 4.60. The van der Waals surface area contributed by atoms with Crippen molar-refractivity contribution in [3.05, 3.63) is 29.8 Å². The average Bonchev–Trinajstić information content (AvgIpc) is 2.43. The van der Waals surface area contributed by atoms with Crippen molar-refractivity contribution in [1.82, 2.24) is 4.31 Å². The molecule has 21 heavy (non-hydrogen) atoms. The highest BCUT2D eigenvalue weighted by Crippen LogP contribution is 2.31. The second-order valence-electron chi connectivity index (χ2n) is 4.03. The lowest BCUT2D eigenvalue weighted by Gasteiger charge is -2.19. The van der Waals surface area contributed by atoms with Crippen LogP contribution in [0.1, 0.15) is 12.5 Å². The zero-order valence-electron chi connectivity index (χ0n) is 11.3. The van der Waals surface area contributed by atoms with Crippen molar-refractivity contribution >= 4 is 16.0 Å². The zero-order valence-corrected chi connectivity index (χ0v) is 12.2. The van der Waals surface area contributed by atoms with E-state index in [2.05, 4.69) is 4.74 Å². The molecule has 0 aromatic heterocycles. The lowest BCUT2D eigenvalue weighted by Crippen LogP contribution is -2.36. The summed E-state index contributed by atoms with van der Waals surface area (Å²) >= 11 is 0. The van der Waals surface area contributed by atoms with Crippen LogP contribution >= 0.6 is 0 Å². The maximum absolute atomic E-state index is 12.6. The van der Waals surface area contributed by atoms with Crippen molar-refractivity contribution < 1.29 is 31.1 Å². The molecule has 1 aromatic carbocycles. The molecule has 0 aliphatic heterocycles. The van der Waals surface area contributed by atoms with Gasteiger partial charge >= 0.3 is 12.1 Å². The van der Waals surface area contributed by atoms with Crippen LogP contribution in [0, 0.1) is 0 Å². The number of ether oxygens (including phenoxy) is 1. The first kappa shape index (κ1) is 17.4. The molecule has 0 N–H and O–H groups in total. The number of rotatable bonds is 5. The Morgan fingerprint density at radius 2 is 1.95 bits per heavy atom. The monoisotopic (exact) mass is 325 g/mol. The van der Waals surface area contributed by atoms with Gasteiger partial charge in [-0.05, 0) is 18.2 Å². The van der Waals surface area contributed by atoms with E-state index in [1.165, 1.54) is 6.92 Å². The van der Waals surface area contributed by atoms with Crippen molar-refractivity contribution in [2.75, 3.05) is 20.2 Å². The third-order valence-electron chi connectivity index (χ3n) is 2.68. The van der Waals surface area contributed by atoms with Crippen LogP contribution in [-0.2, 0) is 25.7 Å². The molecule has 0 saturated heterocycles. The summed E-state index contributed by atoms with van der Waals surface area (Å²) in [6.07, 6.45) is -4.65. The smallest absolute Gasteiger partial charge is 0.416 e. The number of esters is 1. The van der Waals surface area contributed by atoms with E-state index in [-0.39, 0.29) is 6.54 Å². The van der Waals surface area contributed by atoms with Gasteiger partial charge in [-0.3, -0.25) is 4.79 Å². The van der Waals surface area contributed by atoms with Crippen LogP contribution in [0.2, 0.25) is 0 Å². The number of benzene rings is 1. The number of halogens is 3. The van der Waals surface area contributed by atoms with Crippen LogP contribution in [0.4, 0.5) is 13.2 Å². The molecule has 0 aliphatic rings. The second kappa shape index (κ2) is 6.44. The summed E-state index contributed by atoms with van der Waals surface area (Å²) in [6, 6.07) is 3.36. The number of likely N-dealkylation sites (N-methyl/N-ethyl adjacent to an activating group) is 1. The van der Waals surface area contributed by atoms with Crippen LogP contribution in [0.5, 0.6) is 0 Å². The molecule has 0 saturated carbocycles. The second-order valence-corrected chi connectivity index (χ2v) is 5.97. The van der Waals surface area contributed by atoms with Crippen molar-refractivity contribution in [3.8, 4) is 0 Å². The van der Waals surface area contributed by atoms with Crippen LogP contribution in [0.25, 0.3) is 0 Å². The van der Waals surface area contributed by atoms with Gasteiger partial charge in [-0.1, -0.05) is 13.0 Å². The summed E-state index contributed by atoms with van der Waals surface area (Å²) in [5.41, 5.74) is -1.07. The Morgan fingerprint density at radius 3 is 2.43 bits per heavy atom. The highest BCUT2D eigenvalue weighted by molar-refractivity contribution is 7.89. The minimum absolute atomic E-state index is 0.0757. The van der Waals surface area contributed by atoms with Gasteiger partial charge in [-0.2, -0.15) is 17.5 Å². The Hall–Kier alpha value is -1.61. The van der Waals surface area contributed by atoms with E-state index >= 15 is 0 Å². The summed E-state index contributed by atoms with van der Waals surface area (Å²) in [5.74, 6) is -0.799.